The monoisotopic (exact) mass is 341 g/mol. The number of guanidine groups is 1. The Morgan fingerprint density at radius 1 is 0.923 bits per heavy atom. The van der Waals surface area contributed by atoms with Gasteiger partial charge in [0.2, 0.25) is 0 Å². The summed E-state index contributed by atoms with van der Waals surface area (Å²) in [5.41, 5.74) is 6.23. The van der Waals surface area contributed by atoms with Crippen LogP contribution in [0.25, 0.3) is 0 Å². The zero-order valence-corrected chi connectivity index (χ0v) is 14.9. The Bertz CT molecular complexity index is 898. The summed E-state index contributed by atoms with van der Waals surface area (Å²) < 4.78 is 0. The fourth-order valence-corrected chi connectivity index (χ4v) is 3.33. The molecule has 0 bridgehead atoms. The highest BCUT2D eigenvalue weighted by atomic mass is 15.2. The lowest BCUT2D eigenvalue weighted by Crippen LogP contribution is -2.30. The lowest BCUT2D eigenvalue weighted by Gasteiger charge is -2.17. The molecule has 0 saturated carbocycles. The number of nitrogens with one attached hydrogen (secondary N) is 2. The highest BCUT2D eigenvalue weighted by Crippen LogP contribution is 2.32. The van der Waals surface area contributed by atoms with Crippen molar-refractivity contribution in [1.29, 1.82) is 0 Å². The van der Waals surface area contributed by atoms with Crippen LogP contribution in [0.1, 0.15) is 28.2 Å². The molecule has 1 atom stereocenters. The summed E-state index contributed by atoms with van der Waals surface area (Å²) in [6.45, 7) is 3.60. The molecule has 0 spiro atoms. The lowest BCUT2D eigenvalue weighted by atomic mass is 9.90. The van der Waals surface area contributed by atoms with Crippen LogP contribution < -0.4 is 10.6 Å². The molecule has 3 aromatic rings. The summed E-state index contributed by atoms with van der Waals surface area (Å²) in [7, 11) is 0. The SMILES string of the molecule is Cc1ccc(C2CN=C(NCc3ccccc3)Nc3ccccc32)cc1. The Labute approximate surface area is 154 Å². The van der Waals surface area contributed by atoms with E-state index in [0.29, 0.717) is 0 Å². The molecule has 0 aromatic heterocycles. The highest BCUT2D eigenvalue weighted by Gasteiger charge is 2.21. The van der Waals surface area contributed by atoms with Gasteiger partial charge in [-0.3, -0.25) is 4.99 Å². The van der Waals surface area contributed by atoms with E-state index in [4.69, 9.17) is 4.99 Å². The number of anilines is 1. The van der Waals surface area contributed by atoms with Crippen LogP contribution in [0.2, 0.25) is 0 Å². The van der Waals surface area contributed by atoms with Crippen LogP contribution in [0.4, 0.5) is 5.69 Å². The van der Waals surface area contributed by atoms with E-state index in [-0.39, 0.29) is 5.92 Å². The molecule has 26 heavy (non-hydrogen) atoms. The first-order valence-corrected chi connectivity index (χ1v) is 9.04. The summed E-state index contributed by atoms with van der Waals surface area (Å²) in [5, 5.41) is 6.92. The van der Waals surface area contributed by atoms with Gasteiger partial charge in [0.25, 0.3) is 0 Å². The average Bonchev–Trinajstić information content (AvgIpc) is 2.87. The lowest BCUT2D eigenvalue weighted by molar-refractivity contribution is 0.817. The van der Waals surface area contributed by atoms with Crippen molar-refractivity contribution < 1.29 is 0 Å². The van der Waals surface area contributed by atoms with E-state index in [1.165, 1.54) is 22.3 Å². The average molecular weight is 341 g/mol. The molecule has 1 aliphatic rings. The van der Waals surface area contributed by atoms with Crippen LogP contribution in [0, 0.1) is 6.92 Å². The van der Waals surface area contributed by atoms with Gasteiger partial charge in [0, 0.05) is 18.2 Å². The van der Waals surface area contributed by atoms with Crippen LogP contribution in [0.3, 0.4) is 0 Å². The smallest absolute Gasteiger partial charge is 0.196 e. The Balaban J connectivity index is 1.60. The van der Waals surface area contributed by atoms with Gasteiger partial charge < -0.3 is 10.6 Å². The first-order valence-electron chi connectivity index (χ1n) is 9.04. The molecule has 1 heterocycles. The molecule has 0 amide bonds. The van der Waals surface area contributed by atoms with Crippen molar-refractivity contribution in [3.63, 3.8) is 0 Å². The standard InChI is InChI=1S/C23H23N3/c1-17-11-13-19(14-12-17)21-16-25-23(24-15-18-7-3-2-4-8-18)26-22-10-6-5-9-20(21)22/h2-14,21H,15-16H2,1H3,(H2,24,25,26). The van der Waals surface area contributed by atoms with Crippen molar-refractivity contribution >= 4 is 11.6 Å². The molecular weight excluding hydrogens is 318 g/mol. The minimum Gasteiger partial charge on any atom is -0.352 e. The molecular formula is C23H23N3. The first kappa shape index (κ1) is 16.4. The van der Waals surface area contributed by atoms with Gasteiger partial charge in [-0.1, -0.05) is 78.4 Å². The van der Waals surface area contributed by atoms with Crippen molar-refractivity contribution in [2.75, 3.05) is 11.9 Å². The molecule has 3 nitrogen and oxygen atoms in total. The van der Waals surface area contributed by atoms with Gasteiger partial charge in [-0.25, -0.2) is 0 Å². The molecule has 0 fully saturated rings. The van der Waals surface area contributed by atoms with E-state index in [1.807, 2.05) is 6.07 Å². The van der Waals surface area contributed by atoms with E-state index in [0.717, 1.165) is 24.7 Å². The fraction of sp³-hybridized carbons (Fsp3) is 0.174. The van der Waals surface area contributed by atoms with Crippen molar-refractivity contribution in [3.8, 4) is 0 Å². The van der Waals surface area contributed by atoms with Crippen LogP contribution in [-0.2, 0) is 6.54 Å². The van der Waals surface area contributed by atoms with Crippen LogP contribution in [0.5, 0.6) is 0 Å². The second kappa shape index (κ2) is 7.44. The van der Waals surface area contributed by atoms with Crippen molar-refractivity contribution in [3.05, 3.63) is 101 Å². The molecule has 4 rings (SSSR count). The largest absolute Gasteiger partial charge is 0.352 e. The molecule has 2 N–H and O–H groups in total. The molecule has 1 aliphatic heterocycles. The van der Waals surface area contributed by atoms with E-state index in [1.54, 1.807) is 0 Å². The molecule has 0 radical (unpaired) electrons. The maximum absolute atomic E-state index is 4.83. The number of benzene rings is 3. The third-order valence-corrected chi connectivity index (χ3v) is 4.80. The van der Waals surface area contributed by atoms with Gasteiger partial charge in [-0.05, 0) is 29.7 Å². The Morgan fingerprint density at radius 3 is 2.46 bits per heavy atom. The van der Waals surface area contributed by atoms with Gasteiger partial charge in [-0.2, -0.15) is 0 Å². The second-order valence-electron chi connectivity index (χ2n) is 6.70. The Kier molecular flexibility index (Phi) is 4.69. The zero-order chi connectivity index (χ0) is 17.8. The summed E-state index contributed by atoms with van der Waals surface area (Å²) in [6, 6.07) is 27.7. The molecule has 1 unspecified atom stereocenters. The fourth-order valence-electron chi connectivity index (χ4n) is 3.33. The summed E-state index contributed by atoms with van der Waals surface area (Å²) in [6.07, 6.45) is 0. The maximum Gasteiger partial charge on any atom is 0.196 e. The summed E-state index contributed by atoms with van der Waals surface area (Å²) in [5.74, 6) is 1.09. The van der Waals surface area contributed by atoms with Gasteiger partial charge in [0.15, 0.2) is 5.96 Å². The second-order valence-corrected chi connectivity index (χ2v) is 6.70. The number of nitrogens with zero attached hydrogens (tertiary/aromatic N) is 1. The normalized spacial score (nSPS) is 16.0. The number of para-hydroxylation sites is 1. The molecule has 3 heteroatoms. The van der Waals surface area contributed by atoms with Crippen LogP contribution >= 0.6 is 0 Å². The third kappa shape index (κ3) is 3.62. The molecule has 3 aromatic carbocycles. The highest BCUT2D eigenvalue weighted by molar-refractivity contribution is 5.95. The third-order valence-electron chi connectivity index (χ3n) is 4.80. The van der Waals surface area contributed by atoms with E-state index in [9.17, 15) is 0 Å². The van der Waals surface area contributed by atoms with Gasteiger partial charge in [-0.15, -0.1) is 0 Å². The van der Waals surface area contributed by atoms with Crippen molar-refractivity contribution in [2.24, 2.45) is 4.99 Å². The maximum atomic E-state index is 4.83. The van der Waals surface area contributed by atoms with Gasteiger partial charge in [0.1, 0.15) is 0 Å². The quantitative estimate of drug-likeness (QED) is 0.724. The van der Waals surface area contributed by atoms with Crippen molar-refractivity contribution in [2.45, 2.75) is 19.4 Å². The summed E-state index contributed by atoms with van der Waals surface area (Å²) >= 11 is 0. The molecule has 0 aliphatic carbocycles. The van der Waals surface area contributed by atoms with E-state index >= 15 is 0 Å². The predicted molar refractivity (Wildman–Crippen MR) is 109 cm³/mol. The summed E-state index contributed by atoms with van der Waals surface area (Å²) in [4.78, 5) is 4.83. The van der Waals surface area contributed by atoms with E-state index in [2.05, 4.69) is 90.4 Å². The Morgan fingerprint density at radius 2 is 1.65 bits per heavy atom. The number of aliphatic imine (C=N–C) groups is 1. The predicted octanol–water partition coefficient (Wildman–Crippen LogP) is 4.70. The molecule has 130 valence electrons. The van der Waals surface area contributed by atoms with Crippen molar-refractivity contribution in [1.82, 2.24) is 5.32 Å². The minimum atomic E-state index is 0.260. The minimum absolute atomic E-state index is 0.260. The number of fused-ring (bicyclic) bond motifs is 1. The van der Waals surface area contributed by atoms with Gasteiger partial charge >= 0.3 is 0 Å². The number of hydrogen-bond donors (Lipinski definition) is 2. The number of rotatable bonds is 3. The van der Waals surface area contributed by atoms with Crippen LogP contribution in [-0.4, -0.2) is 12.5 Å². The number of aryl methyl sites for hydroxylation is 1. The van der Waals surface area contributed by atoms with Crippen LogP contribution in [0.15, 0.2) is 83.9 Å². The first-order chi connectivity index (χ1) is 12.8. The van der Waals surface area contributed by atoms with E-state index < -0.39 is 0 Å². The number of hydrogen-bond acceptors (Lipinski definition) is 3. The Hall–Kier alpha value is -3.07. The molecule has 0 saturated heterocycles. The topological polar surface area (TPSA) is 36.4 Å². The van der Waals surface area contributed by atoms with Gasteiger partial charge in [0.05, 0.1) is 6.54 Å². The zero-order valence-electron chi connectivity index (χ0n) is 14.9.